The number of amides is 1. The van der Waals surface area contributed by atoms with E-state index >= 15 is 0 Å². The first-order valence-corrected chi connectivity index (χ1v) is 6.52. The van der Waals surface area contributed by atoms with Gasteiger partial charge in [-0.3, -0.25) is 4.79 Å². The summed E-state index contributed by atoms with van der Waals surface area (Å²) in [6.45, 7) is 8.03. The van der Waals surface area contributed by atoms with Crippen molar-refractivity contribution in [3.63, 3.8) is 0 Å². The molecule has 0 aromatic heterocycles. The summed E-state index contributed by atoms with van der Waals surface area (Å²) in [5.74, 6) is -0.000903. The lowest BCUT2D eigenvalue weighted by atomic mass is 9.85. The molecule has 1 amide bonds. The number of nitrogens with one attached hydrogen (secondary N) is 2. The van der Waals surface area contributed by atoms with Gasteiger partial charge in [0.15, 0.2) is 0 Å². The van der Waals surface area contributed by atoms with E-state index in [1.165, 1.54) is 6.42 Å². The average Bonchev–Trinajstić information content (AvgIpc) is 2.42. The molecule has 1 aliphatic rings. The highest BCUT2D eigenvalue weighted by atomic mass is 16.3. The Morgan fingerprint density at radius 1 is 1.24 bits per heavy atom. The summed E-state index contributed by atoms with van der Waals surface area (Å²) >= 11 is 0. The molecule has 1 aliphatic heterocycles. The number of carbonyl (C=O) groups excluding carboxylic acids is 1. The first kappa shape index (κ1) is 14.5. The van der Waals surface area contributed by atoms with Crippen LogP contribution in [0.4, 0.5) is 0 Å². The van der Waals surface area contributed by atoms with Gasteiger partial charge in [0, 0.05) is 0 Å². The van der Waals surface area contributed by atoms with Gasteiger partial charge in [-0.15, -0.1) is 0 Å². The quantitative estimate of drug-likeness (QED) is 0.696. The lowest BCUT2D eigenvalue weighted by molar-refractivity contribution is -0.128. The molecule has 1 heterocycles. The van der Waals surface area contributed by atoms with E-state index in [-0.39, 0.29) is 11.9 Å². The Morgan fingerprint density at radius 3 is 2.47 bits per heavy atom. The molecule has 0 bridgehead atoms. The average molecular weight is 242 g/mol. The molecule has 4 nitrogen and oxygen atoms in total. The van der Waals surface area contributed by atoms with Crippen molar-refractivity contribution in [1.82, 2.24) is 10.6 Å². The molecule has 0 radical (unpaired) electrons. The van der Waals surface area contributed by atoms with Crippen molar-refractivity contribution in [1.29, 1.82) is 0 Å². The Labute approximate surface area is 104 Å². The highest BCUT2D eigenvalue weighted by molar-refractivity contribution is 5.82. The standard InChI is InChI=1S/C13H26N2O2/c1-12(2,13(3,4)17)15-11(16)10-8-6-5-7-9-14-10/h10,14,17H,5-9H2,1-4H3,(H,15,16). The van der Waals surface area contributed by atoms with Crippen LogP contribution in [-0.2, 0) is 4.79 Å². The summed E-state index contributed by atoms with van der Waals surface area (Å²) in [4.78, 5) is 12.1. The van der Waals surface area contributed by atoms with Crippen molar-refractivity contribution in [2.75, 3.05) is 6.54 Å². The SMILES string of the molecule is CC(C)(O)C(C)(C)NC(=O)C1CCCCCN1. The van der Waals surface area contributed by atoms with Crippen molar-refractivity contribution in [2.45, 2.75) is 70.6 Å². The van der Waals surface area contributed by atoms with Gasteiger partial charge in [0.1, 0.15) is 0 Å². The van der Waals surface area contributed by atoms with Crippen LogP contribution >= 0.6 is 0 Å². The summed E-state index contributed by atoms with van der Waals surface area (Å²) in [7, 11) is 0. The van der Waals surface area contributed by atoms with Gasteiger partial charge in [-0.25, -0.2) is 0 Å². The number of rotatable bonds is 3. The molecule has 3 N–H and O–H groups in total. The van der Waals surface area contributed by atoms with Gasteiger partial charge in [0.05, 0.1) is 17.2 Å². The van der Waals surface area contributed by atoms with E-state index in [2.05, 4.69) is 10.6 Å². The fourth-order valence-electron chi connectivity index (χ4n) is 1.80. The zero-order chi connectivity index (χ0) is 13.1. The summed E-state index contributed by atoms with van der Waals surface area (Å²) < 4.78 is 0. The Kier molecular flexibility index (Phi) is 4.55. The smallest absolute Gasteiger partial charge is 0.237 e. The first-order chi connectivity index (χ1) is 7.74. The van der Waals surface area contributed by atoms with Crippen LogP contribution < -0.4 is 10.6 Å². The van der Waals surface area contributed by atoms with E-state index in [0.29, 0.717) is 0 Å². The van der Waals surface area contributed by atoms with Crippen LogP contribution in [0.3, 0.4) is 0 Å². The number of hydrogen-bond donors (Lipinski definition) is 3. The van der Waals surface area contributed by atoms with Gasteiger partial charge < -0.3 is 15.7 Å². The van der Waals surface area contributed by atoms with E-state index in [0.717, 1.165) is 25.8 Å². The van der Waals surface area contributed by atoms with Crippen LogP contribution in [0.5, 0.6) is 0 Å². The number of hydrogen-bond acceptors (Lipinski definition) is 3. The van der Waals surface area contributed by atoms with Crippen molar-refractivity contribution in [3.05, 3.63) is 0 Å². The molecule has 0 aromatic carbocycles. The molecule has 1 fully saturated rings. The van der Waals surface area contributed by atoms with Crippen LogP contribution in [0.2, 0.25) is 0 Å². The molecule has 1 rings (SSSR count). The summed E-state index contributed by atoms with van der Waals surface area (Å²) in [5.41, 5.74) is -1.56. The van der Waals surface area contributed by atoms with E-state index in [9.17, 15) is 9.90 Å². The molecular weight excluding hydrogens is 216 g/mol. The lowest BCUT2D eigenvalue weighted by Crippen LogP contribution is -2.61. The van der Waals surface area contributed by atoms with Crippen LogP contribution in [0.1, 0.15) is 53.4 Å². The van der Waals surface area contributed by atoms with Gasteiger partial charge in [0.2, 0.25) is 5.91 Å². The van der Waals surface area contributed by atoms with E-state index < -0.39 is 11.1 Å². The Balaban J connectivity index is 2.58. The van der Waals surface area contributed by atoms with Gasteiger partial charge in [-0.05, 0) is 47.1 Å². The maximum Gasteiger partial charge on any atom is 0.237 e. The van der Waals surface area contributed by atoms with Crippen LogP contribution in [-0.4, -0.2) is 34.7 Å². The third-order valence-electron chi connectivity index (χ3n) is 3.84. The summed E-state index contributed by atoms with van der Waals surface area (Å²) in [6, 6.07) is -0.112. The first-order valence-electron chi connectivity index (χ1n) is 6.52. The second-order valence-corrected chi connectivity index (χ2v) is 6.03. The highest BCUT2D eigenvalue weighted by Gasteiger charge is 2.37. The highest BCUT2D eigenvalue weighted by Crippen LogP contribution is 2.21. The molecule has 4 heteroatoms. The fourth-order valence-corrected chi connectivity index (χ4v) is 1.80. The van der Waals surface area contributed by atoms with E-state index in [1.807, 2.05) is 13.8 Å². The molecule has 1 unspecified atom stereocenters. The molecule has 17 heavy (non-hydrogen) atoms. The molecule has 1 saturated heterocycles. The molecule has 0 saturated carbocycles. The Hall–Kier alpha value is -0.610. The minimum Gasteiger partial charge on any atom is -0.388 e. The molecule has 0 spiro atoms. The topological polar surface area (TPSA) is 61.4 Å². The van der Waals surface area contributed by atoms with Gasteiger partial charge >= 0.3 is 0 Å². The van der Waals surface area contributed by atoms with E-state index in [4.69, 9.17) is 0 Å². The minimum atomic E-state index is -0.937. The van der Waals surface area contributed by atoms with Gasteiger partial charge in [-0.1, -0.05) is 12.8 Å². The van der Waals surface area contributed by atoms with Crippen LogP contribution in [0.15, 0.2) is 0 Å². The van der Waals surface area contributed by atoms with Crippen LogP contribution in [0, 0.1) is 0 Å². The molecule has 0 aliphatic carbocycles. The minimum absolute atomic E-state index is 0.000903. The van der Waals surface area contributed by atoms with Crippen LogP contribution in [0.25, 0.3) is 0 Å². The predicted molar refractivity (Wildman–Crippen MR) is 68.8 cm³/mol. The normalized spacial score (nSPS) is 23.0. The van der Waals surface area contributed by atoms with Gasteiger partial charge in [-0.2, -0.15) is 0 Å². The van der Waals surface area contributed by atoms with Crippen molar-refractivity contribution < 1.29 is 9.90 Å². The number of aliphatic hydroxyl groups is 1. The summed E-state index contributed by atoms with van der Waals surface area (Å²) in [5, 5.41) is 16.2. The Bertz CT molecular complexity index is 261. The molecule has 1 atom stereocenters. The third-order valence-corrected chi connectivity index (χ3v) is 3.84. The Morgan fingerprint density at radius 2 is 1.88 bits per heavy atom. The zero-order valence-corrected chi connectivity index (χ0v) is 11.5. The molecule has 100 valence electrons. The monoisotopic (exact) mass is 242 g/mol. The maximum atomic E-state index is 12.1. The predicted octanol–water partition coefficient (Wildman–Crippen LogP) is 1.18. The third kappa shape index (κ3) is 3.96. The second kappa shape index (κ2) is 5.36. The zero-order valence-electron chi connectivity index (χ0n) is 11.5. The largest absolute Gasteiger partial charge is 0.388 e. The van der Waals surface area contributed by atoms with Crippen molar-refractivity contribution in [3.8, 4) is 0 Å². The molecule has 0 aromatic rings. The lowest BCUT2D eigenvalue weighted by Gasteiger charge is -2.39. The maximum absolute atomic E-state index is 12.1. The molecular formula is C13H26N2O2. The van der Waals surface area contributed by atoms with Crippen molar-refractivity contribution >= 4 is 5.91 Å². The summed E-state index contributed by atoms with van der Waals surface area (Å²) in [6.07, 6.45) is 4.30. The fraction of sp³-hybridized carbons (Fsp3) is 0.923. The second-order valence-electron chi connectivity index (χ2n) is 6.03. The number of carbonyl (C=O) groups is 1. The van der Waals surface area contributed by atoms with E-state index in [1.54, 1.807) is 13.8 Å². The van der Waals surface area contributed by atoms with Gasteiger partial charge in [0.25, 0.3) is 0 Å². The van der Waals surface area contributed by atoms with Crippen molar-refractivity contribution in [2.24, 2.45) is 0 Å².